The van der Waals surface area contributed by atoms with Crippen molar-refractivity contribution in [1.82, 2.24) is 14.8 Å². The minimum absolute atomic E-state index is 0.000525. The number of carbonyl (C=O) groups excluding carboxylic acids is 2. The molecule has 2 heterocycles. The van der Waals surface area contributed by atoms with Crippen molar-refractivity contribution in [3.8, 4) is 0 Å². The van der Waals surface area contributed by atoms with Crippen LogP contribution < -0.4 is 10.9 Å². The number of aromatic nitrogens is 1. The number of hydrogen-bond donors (Lipinski definition) is 1. The van der Waals surface area contributed by atoms with E-state index in [2.05, 4.69) is 5.32 Å². The predicted octanol–water partition coefficient (Wildman–Crippen LogP) is 2.04. The number of fused-ring (bicyclic) bond motifs is 1. The van der Waals surface area contributed by atoms with Crippen molar-refractivity contribution in [3.63, 3.8) is 0 Å². The molecule has 1 aliphatic heterocycles. The maximum absolute atomic E-state index is 13.7. The largest absolute Gasteiger partial charge is 0.348 e. The van der Waals surface area contributed by atoms with Gasteiger partial charge in [-0.1, -0.05) is 12.1 Å². The first-order chi connectivity index (χ1) is 16.9. The zero-order valence-electron chi connectivity index (χ0n) is 19.4. The Balaban J connectivity index is 1.30. The highest BCUT2D eigenvalue weighted by Crippen LogP contribution is 2.56. The monoisotopic (exact) mass is 523 g/mol. The zero-order chi connectivity index (χ0) is 26.0. The maximum atomic E-state index is 13.7. The van der Waals surface area contributed by atoms with Gasteiger partial charge in [0.05, 0.1) is 4.75 Å². The molecular formula is C24H24F3N3O5S. The number of pyridine rings is 1. The van der Waals surface area contributed by atoms with Gasteiger partial charge in [0.25, 0.3) is 23.3 Å². The van der Waals surface area contributed by atoms with Crippen molar-refractivity contribution >= 4 is 21.7 Å². The van der Waals surface area contributed by atoms with Crippen molar-refractivity contribution in [1.29, 1.82) is 0 Å². The third kappa shape index (κ3) is 4.00. The normalized spacial score (nSPS) is 21.6. The van der Waals surface area contributed by atoms with Gasteiger partial charge in [0.1, 0.15) is 22.3 Å². The van der Waals surface area contributed by atoms with Gasteiger partial charge in [-0.05, 0) is 49.1 Å². The summed E-state index contributed by atoms with van der Waals surface area (Å²) in [6.07, 6.45) is -0.266. The van der Waals surface area contributed by atoms with E-state index in [4.69, 9.17) is 0 Å². The average Bonchev–Trinajstić information content (AvgIpc) is 3.73. The Morgan fingerprint density at radius 1 is 1.14 bits per heavy atom. The molecule has 1 N–H and O–H groups in total. The number of aryl methyl sites for hydroxylation is 1. The first kappa shape index (κ1) is 24.5. The van der Waals surface area contributed by atoms with Crippen LogP contribution in [-0.2, 0) is 22.9 Å². The predicted molar refractivity (Wildman–Crippen MR) is 123 cm³/mol. The quantitative estimate of drug-likeness (QED) is 0.598. The van der Waals surface area contributed by atoms with Crippen LogP contribution in [0.15, 0.2) is 35.1 Å². The smallest absolute Gasteiger partial charge is 0.270 e. The van der Waals surface area contributed by atoms with Gasteiger partial charge in [-0.25, -0.2) is 21.6 Å². The number of amides is 2. The highest BCUT2D eigenvalue weighted by molar-refractivity contribution is 7.94. The molecule has 0 radical (unpaired) electrons. The molecule has 1 aromatic heterocycles. The molecule has 2 aliphatic carbocycles. The maximum Gasteiger partial charge on any atom is 0.270 e. The van der Waals surface area contributed by atoms with Crippen LogP contribution in [0, 0.1) is 12.7 Å². The van der Waals surface area contributed by atoms with Crippen molar-refractivity contribution in [2.75, 3.05) is 13.1 Å². The van der Waals surface area contributed by atoms with Crippen molar-refractivity contribution in [2.45, 2.75) is 55.2 Å². The topological polar surface area (TPSA) is 106 Å². The van der Waals surface area contributed by atoms with E-state index in [1.807, 2.05) is 0 Å². The van der Waals surface area contributed by atoms with Crippen molar-refractivity contribution in [2.24, 2.45) is 0 Å². The summed E-state index contributed by atoms with van der Waals surface area (Å²) in [6, 6.07) is 7.06. The molecule has 1 aromatic carbocycles. The summed E-state index contributed by atoms with van der Waals surface area (Å²) in [5.41, 5.74) is 0.105. The molecule has 8 nitrogen and oxygen atoms in total. The van der Waals surface area contributed by atoms with Crippen molar-refractivity contribution < 1.29 is 31.2 Å². The van der Waals surface area contributed by atoms with Gasteiger partial charge < -0.3 is 14.8 Å². The van der Waals surface area contributed by atoms with Crippen LogP contribution in [0.4, 0.5) is 13.2 Å². The van der Waals surface area contributed by atoms with E-state index in [0.717, 1.165) is 4.57 Å². The number of halogens is 3. The standard InChI is InChI=1S/C24H24F3N3O5S/c1-14-2-3-15(10-17(14)25)12-28-20(31)16-4-5-18-22(33)29(8-9-30(18)21(16)32)13-23(6-7-23)36(34,35)19-11-24(19,26)27/h2-5,10,19H,6-9,11-13H2,1H3,(H,28,31)/t19-/m0/s1. The molecule has 12 heteroatoms. The van der Waals surface area contributed by atoms with Gasteiger partial charge in [0, 0.05) is 32.6 Å². The molecule has 0 unspecified atom stereocenters. The van der Waals surface area contributed by atoms with Gasteiger partial charge in [-0.3, -0.25) is 14.4 Å². The Morgan fingerprint density at radius 2 is 1.83 bits per heavy atom. The summed E-state index contributed by atoms with van der Waals surface area (Å²) < 4.78 is 66.0. The van der Waals surface area contributed by atoms with Crippen LogP contribution in [0.25, 0.3) is 0 Å². The summed E-state index contributed by atoms with van der Waals surface area (Å²) in [6.45, 7) is 1.45. The number of rotatable bonds is 7. The number of carbonyl (C=O) groups is 2. The fourth-order valence-electron chi connectivity index (χ4n) is 4.67. The lowest BCUT2D eigenvalue weighted by atomic mass is 10.1. The van der Waals surface area contributed by atoms with Crippen LogP contribution >= 0.6 is 0 Å². The first-order valence-corrected chi connectivity index (χ1v) is 13.1. The molecule has 2 fully saturated rings. The van der Waals surface area contributed by atoms with Gasteiger partial charge >= 0.3 is 0 Å². The summed E-state index contributed by atoms with van der Waals surface area (Å²) in [4.78, 5) is 39.9. The Hall–Kier alpha value is -3.15. The fourth-order valence-corrected chi connectivity index (χ4v) is 7.17. The number of benzene rings is 1. The fraction of sp³-hybridized carbons (Fsp3) is 0.458. The highest BCUT2D eigenvalue weighted by Gasteiger charge is 2.71. The molecule has 5 rings (SSSR count). The van der Waals surface area contributed by atoms with E-state index >= 15 is 0 Å². The summed E-state index contributed by atoms with van der Waals surface area (Å²) in [5, 5.41) is 0.872. The third-order valence-corrected chi connectivity index (χ3v) is 10.2. The third-order valence-electron chi connectivity index (χ3n) is 7.24. The second-order valence-electron chi connectivity index (χ2n) is 9.76. The van der Waals surface area contributed by atoms with E-state index in [0.29, 0.717) is 11.1 Å². The molecule has 2 amide bonds. The number of nitrogens with zero attached hydrogens (tertiary/aromatic N) is 2. The lowest BCUT2D eigenvalue weighted by molar-refractivity contribution is 0.0694. The molecule has 0 spiro atoms. The lowest BCUT2D eigenvalue weighted by Gasteiger charge is -2.32. The number of alkyl halides is 2. The van der Waals surface area contributed by atoms with Gasteiger partial charge in [-0.2, -0.15) is 0 Å². The van der Waals surface area contributed by atoms with E-state index in [9.17, 15) is 36.0 Å². The van der Waals surface area contributed by atoms with Crippen LogP contribution in [-0.4, -0.2) is 58.7 Å². The minimum Gasteiger partial charge on any atom is -0.348 e. The second-order valence-corrected chi connectivity index (χ2v) is 12.3. The molecule has 2 saturated carbocycles. The molecule has 1 atom stereocenters. The van der Waals surface area contributed by atoms with E-state index < -0.39 is 55.4 Å². The Morgan fingerprint density at radius 3 is 2.44 bits per heavy atom. The van der Waals surface area contributed by atoms with Gasteiger partial charge in [0.15, 0.2) is 9.84 Å². The molecule has 2 aromatic rings. The van der Waals surface area contributed by atoms with Crippen LogP contribution in [0.2, 0.25) is 0 Å². The SMILES string of the molecule is Cc1ccc(CNC(=O)c2ccc3n(c2=O)CCN(CC2(S(=O)(=O)[C@H]4CC4(F)F)CC2)C3=O)cc1F. The number of hydrogen-bond acceptors (Lipinski definition) is 5. The first-order valence-electron chi connectivity index (χ1n) is 11.5. The van der Waals surface area contributed by atoms with E-state index in [1.165, 1.54) is 23.1 Å². The molecule has 0 bridgehead atoms. The number of sulfone groups is 1. The van der Waals surface area contributed by atoms with Gasteiger partial charge in [0.2, 0.25) is 0 Å². The van der Waals surface area contributed by atoms with Crippen LogP contribution in [0.5, 0.6) is 0 Å². The lowest BCUT2D eigenvalue weighted by Crippen LogP contribution is -2.50. The molecular weight excluding hydrogens is 499 g/mol. The summed E-state index contributed by atoms with van der Waals surface area (Å²) >= 11 is 0. The zero-order valence-corrected chi connectivity index (χ0v) is 20.2. The second kappa shape index (κ2) is 8.19. The summed E-state index contributed by atoms with van der Waals surface area (Å²) in [5.74, 6) is -4.90. The Labute approximate surface area is 205 Å². The Kier molecular flexibility index (Phi) is 5.58. The van der Waals surface area contributed by atoms with Crippen LogP contribution in [0.1, 0.15) is 51.2 Å². The molecule has 192 valence electrons. The van der Waals surface area contributed by atoms with E-state index in [-0.39, 0.29) is 50.3 Å². The average molecular weight is 524 g/mol. The van der Waals surface area contributed by atoms with Crippen molar-refractivity contribution in [3.05, 3.63) is 68.9 Å². The molecule has 36 heavy (non-hydrogen) atoms. The van der Waals surface area contributed by atoms with E-state index in [1.54, 1.807) is 19.1 Å². The van der Waals surface area contributed by atoms with Crippen LogP contribution in [0.3, 0.4) is 0 Å². The Bertz CT molecular complexity index is 1450. The minimum atomic E-state index is -4.11. The van der Waals surface area contributed by atoms with Gasteiger partial charge in [-0.15, -0.1) is 0 Å². The molecule has 3 aliphatic rings. The number of nitrogens with one attached hydrogen (secondary N) is 1. The highest BCUT2D eigenvalue weighted by atomic mass is 32.2. The molecule has 0 saturated heterocycles. The summed E-state index contributed by atoms with van der Waals surface area (Å²) in [7, 11) is -4.11.